The minimum Gasteiger partial charge on any atom is -0.480 e. The summed E-state index contributed by atoms with van der Waals surface area (Å²) in [6.07, 6.45) is 0.558. The number of hydrogen-bond acceptors (Lipinski definition) is 9. The Morgan fingerprint density at radius 3 is 2.37 bits per heavy atom. The molecule has 0 saturated heterocycles. The fourth-order valence-corrected chi connectivity index (χ4v) is 3.83. The van der Waals surface area contributed by atoms with Crippen LogP contribution in [-0.4, -0.2) is 72.9 Å². The molecule has 2 atom stereocenters. The molecule has 0 radical (unpaired) electrons. The molecule has 1 aliphatic rings. The van der Waals surface area contributed by atoms with Crippen LogP contribution in [0, 0.1) is 5.41 Å². The van der Waals surface area contributed by atoms with Crippen LogP contribution in [0.2, 0.25) is 0 Å². The summed E-state index contributed by atoms with van der Waals surface area (Å²) in [6.45, 7) is 1.84. The molecule has 0 fully saturated rings. The third-order valence-corrected chi connectivity index (χ3v) is 6.41. The summed E-state index contributed by atoms with van der Waals surface area (Å²) < 4.78 is 34.1. The SMILES string of the molecule is CCCCOC(=O)N[C@@H](CNC(=O)C[C@H]1CC(c2ccc(C(=N)N)cc2)=NO1)C(=O)O.O=S(=O)(O)c1ccccc1. The number of oxime groups is 1. The first kappa shape index (κ1) is 32.7. The van der Waals surface area contributed by atoms with E-state index in [0.717, 1.165) is 12.0 Å². The molecular formula is C26H33N5O9S. The predicted octanol–water partition coefficient (Wildman–Crippen LogP) is 1.88. The van der Waals surface area contributed by atoms with Crippen molar-refractivity contribution < 1.29 is 42.0 Å². The zero-order chi connectivity index (χ0) is 30.4. The monoisotopic (exact) mass is 591 g/mol. The Bertz CT molecular complexity index is 1330. The number of nitrogens with zero attached hydrogens (tertiary/aromatic N) is 1. The van der Waals surface area contributed by atoms with Crippen molar-refractivity contribution in [1.82, 2.24) is 10.6 Å². The van der Waals surface area contributed by atoms with Crippen molar-refractivity contribution in [2.45, 2.75) is 49.6 Å². The number of nitrogens with one attached hydrogen (secondary N) is 3. The van der Waals surface area contributed by atoms with Gasteiger partial charge in [-0.25, -0.2) is 9.59 Å². The Labute approximate surface area is 237 Å². The first-order valence-corrected chi connectivity index (χ1v) is 14.0. The molecular weight excluding hydrogens is 558 g/mol. The second-order valence-electron chi connectivity index (χ2n) is 8.78. The van der Waals surface area contributed by atoms with Gasteiger partial charge in [0.2, 0.25) is 5.91 Å². The van der Waals surface area contributed by atoms with Crippen LogP contribution < -0.4 is 16.4 Å². The number of aliphatic carboxylic acids is 1. The van der Waals surface area contributed by atoms with Gasteiger partial charge in [0, 0.05) is 18.5 Å². The summed E-state index contributed by atoms with van der Waals surface area (Å²) in [5, 5.41) is 25.3. The fraction of sp³-hybridized carbons (Fsp3) is 0.346. The van der Waals surface area contributed by atoms with Crippen molar-refractivity contribution in [3.05, 3.63) is 65.7 Å². The largest absolute Gasteiger partial charge is 0.480 e. The van der Waals surface area contributed by atoms with Crippen LogP contribution in [0.15, 0.2) is 64.6 Å². The van der Waals surface area contributed by atoms with Crippen molar-refractivity contribution in [1.29, 1.82) is 5.41 Å². The number of carbonyl (C=O) groups is 3. The second kappa shape index (κ2) is 15.9. The van der Waals surface area contributed by atoms with Crippen molar-refractivity contribution in [2.24, 2.45) is 10.9 Å². The van der Waals surface area contributed by atoms with Gasteiger partial charge in [0.25, 0.3) is 10.1 Å². The number of unbranched alkanes of at least 4 members (excludes halogenated alkanes) is 1. The Morgan fingerprint density at radius 1 is 1.17 bits per heavy atom. The third kappa shape index (κ3) is 11.6. The second-order valence-corrected chi connectivity index (χ2v) is 10.2. The predicted molar refractivity (Wildman–Crippen MR) is 148 cm³/mol. The molecule has 0 bridgehead atoms. The molecule has 3 rings (SSSR count). The van der Waals surface area contributed by atoms with Crippen LogP contribution in [0.4, 0.5) is 4.79 Å². The first-order valence-electron chi connectivity index (χ1n) is 12.5. The summed E-state index contributed by atoms with van der Waals surface area (Å²) >= 11 is 0. The van der Waals surface area contributed by atoms with Gasteiger partial charge < -0.3 is 31.0 Å². The minimum absolute atomic E-state index is 0.0220. The van der Waals surface area contributed by atoms with Crippen LogP contribution in [0.1, 0.15) is 43.7 Å². The number of amidine groups is 1. The average Bonchev–Trinajstić information content (AvgIpc) is 3.39. The van der Waals surface area contributed by atoms with Gasteiger partial charge in [0.1, 0.15) is 18.0 Å². The Balaban J connectivity index is 0.000000493. The molecule has 15 heteroatoms. The van der Waals surface area contributed by atoms with Crippen molar-refractivity contribution >= 4 is 39.6 Å². The van der Waals surface area contributed by atoms with Gasteiger partial charge in [-0.05, 0) is 24.1 Å². The van der Waals surface area contributed by atoms with E-state index >= 15 is 0 Å². The first-order chi connectivity index (χ1) is 19.4. The van der Waals surface area contributed by atoms with Gasteiger partial charge in [-0.1, -0.05) is 61.0 Å². The van der Waals surface area contributed by atoms with E-state index in [9.17, 15) is 27.9 Å². The molecule has 1 heterocycles. The maximum atomic E-state index is 12.2. The van der Waals surface area contributed by atoms with Gasteiger partial charge in [0.15, 0.2) is 0 Å². The topological polar surface area (TPSA) is 231 Å². The van der Waals surface area contributed by atoms with E-state index < -0.39 is 40.2 Å². The third-order valence-electron chi connectivity index (χ3n) is 5.54. The lowest BCUT2D eigenvalue weighted by molar-refractivity contribution is -0.139. The lowest BCUT2D eigenvalue weighted by Crippen LogP contribution is -2.48. The molecule has 2 amide bonds. The van der Waals surface area contributed by atoms with Crippen molar-refractivity contribution in [2.75, 3.05) is 13.2 Å². The van der Waals surface area contributed by atoms with Crippen molar-refractivity contribution in [3.63, 3.8) is 0 Å². The summed E-state index contributed by atoms with van der Waals surface area (Å²) in [6, 6.07) is 13.0. The molecule has 1 aliphatic heterocycles. The van der Waals surface area contributed by atoms with Crippen LogP contribution in [0.3, 0.4) is 0 Å². The van der Waals surface area contributed by atoms with E-state index in [1.165, 1.54) is 12.1 Å². The lowest BCUT2D eigenvalue weighted by Gasteiger charge is -2.16. The standard InChI is InChI=1S/C20H27N5O6.C6H6O3S/c1-2-3-8-30-20(29)24-16(19(27)28)11-23-17(26)10-14-9-15(25-31-14)12-4-6-13(7-5-12)18(21)22;7-10(8,9)6-4-2-1-3-5-6/h4-7,14,16H,2-3,8-11H2,1H3,(H3,21,22)(H,23,26)(H,24,29)(H,27,28);1-5H,(H,7,8,9)/t14-,16+;/m1./s1. The van der Waals surface area contributed by atoms with Crippen LogP contribution in [0.25, 0.3) is 0 Å². The molecule has 0 aliphatic carbocycles. The quantitative estimate of drug-likeness (QED) is 0.0908. The van der Waals surface area contributed by atoms with E-state index in [-0.39, 0.29) is 30.3 Å². The highest BCUT2D eigenvalue weighted by Crippen LogP contribution is 2.19. The van der Waals surface area contributed by atoms with Gasteiger partial charge in [0.05, 0.1) is 23.6 Å². The van der Waals surface area contributed by atoms with E-state index in [2.05, 4.69) is 15.8 Å². The lowest BCUT2D eigenvalue weighted by atomic mass is 10.0. The number of ether oxygens (including phenoxy) is 1. The number of carboxylic acid groups (broad SMARTS) is 1. The number of nitrogen functional groups attached to an aromatic ring is 1. The number of hydrogen-bond donors (Lipinski definition) is 6. The maximum absolute atomic E-state index is 12.2. The average molecular weight is 592 g/mol. The number of amides is 2. The molecule has 222 valence electrons. The number of rotatable bonds is 12. The molecule has 2 aromatic carbocycles. The van der Waals surface area contributed by atoms with Gasteiger partial charge in [-0.15, -0.1) is 0 Å². The molecule has 14 nitrogen and oxygen atoms in total. The highest BCUT2D eigenvalue weighted by atomic mass is 32.2. The summed E-state index contributed by atoms with van der Waals surface area (Å²) in [5.41, 5.74) is 7.48. The van der Waals surface area contributed by atoms with E-state index in [1.54, 1.807) is 42.5 Å². The fourth-order valence-electron chi connectivity index (χ4n) is 3.33. The smallest absolute Gasteiger partial charge is 0.407 e. The van der Waals surface area contributed by atoms with Crippen LogP contribution in [-0.2, 0) is 29.3 Å². The molecule has 0 saturated carbocycles. The van der Waals surface area contributed by atoms with E-state index in [4.69, 9.17) is 25.3 Å². The van der Waals surface area contributed by atoms with Gasteiger partial charge >= 0.3 is 12.1 Å². The Hall–Kier alpha value is -4.50. The summed E-state index contributed by atoms with van der Waals surface area (Å²) in [5.74, 6) is -1.75. The van der Waals surface area contributed by atoms with E-state index in [1.807, 2.05) is 6.92 Å². The number of carboxylic acids is 1. The molecule has 0 aromatic heterocycles. The van der Waals surface area contributed by atoms with E-state index in [0.29, 0.717) is 24.1 Å². The number of carbonyl (C=O) groups excluding carboxylic acids is 2. The molecule has 0 spiro atoms. The maximum Gasteiger partial charge on any atom is 0.407 e. The summed E-state index contributed by atoms with van der Waals surface area (Å²) in [7, 11) is -4.00. The van der Waals surface area contributed by atoms with Gasteiger partial charge in [-0.3, -0.25) is 14.8 Å². The Kier molecular flexibility index (Phi) is 12.7. The normalized spacial score (nSPS) is 14.8. The minimum atomic E-state index is -4.00. The molecule has 0 unspecified atom stereocenters. The highest BCUT2D eigenvalue weighted by Gasteiger charge is 2.26. The van der Waals surface area contributed by atoms with Crippen LogP contribution >= 0.6 is 0 Å². The van der Waals surface area contributed by atoms with Gasteiger partial charge in [-0.2, -0.15) is 8.42 Å². The van der Waals surface area contributed by atoms with Crippen molar-refractivity contribution in [3.8, 4) is 0 Å². The zero-order valence-electron chi connectivity index (χ0n) is 22.3. The summed E-state index contributed by atoms with van der Waals surface area (Å²) in [4.78, 5) is 40.3. The zero-order valence-corrected chi connectivity index (χ0v) is 23.1. The number of alkyl carbamates (subject to hydrolysis) is 1. The number of nitrogens with two attached hydrogens (primary N) is 1. The Morgan fingerprint density at radius 2 is 1.83 bits per heavy atom. The van der Waals surface area contributed by atoms with Crippen LogP contribution in [0.5, 0.6) is 0 Å². The molecule has 2 aromatic rings. The molecule has 41 heavy (non-hydrogen) atoms. The highest BCUT2D eigenvalue weighted by molar-refractivity contribution is 7.85. The number of benzene rings is 2. The molecule has 7 N–H and O–H groups in total.